The number of thiol groups is 1. The van der Waals surface area contributed by atoms with E-state index in [0.717, 1.165) is 37.3 Å². The van der Waals surface area contributed by atoms with Crippen LogP contribution in [0.2, 0.25) is 0 Å². The molecule has 1 rings (SSSR count). The fourth-order valence-corrected chi connectivity index (χ4v) is 2.88. The van der Waals surface area contributed by atoms with Crippen molar-refractivity contribution in [3.63, 3.8) is 0 Å². The van der Waals surface area contributed by atoms with E-state index in [4.69, 9.17) is 4.74 Å². The molecule has 2 atom stereocenters. The molecule has 0 bridgehead atoms. The molecule has 1 aliphatic heterocycles. The highest BCUT2D eigenvalue weighted by Crippen LogP contribution is 2.17. The van der Waals surface area contributed by atoms with Gasteiger partial charge < -0.3 is 9.64 Å². The maximum Gasteiger partial charge on any atom is 0.0506 e. The number of rotatable bonds is 6. The lowest BCUT2D eigenvalue weighted by Crippen LogP contribution is -2.35. The molecule has 0 spiro atoms. The summed E-state index contributed by atoms with van der Waals surface area (Å²) in [4.78, 5) is 2.46. The van der Waals surface area contributed by atoms with Crippen molar-refractivity contribution in [1.82, 2.24) is 4.90 Å². The van der Waals surface area contributed by atoms with Gasteiger partial charge in [-0.05, 0) is 43.4 Å². The summed E-state index contributed by atoms with van der Waals surface area (Å²) in [6.45, 7) is 8.84. The quantitative estimate of drug-likeness (QED) is 0.722. The molecule has 1 aliphatic rings. The molecule has 0 aliphatic carbocycles. The molecule has 0 radical (unpaired) electrons. The van der Waals surface area contributed by atoms with E-state index in [1.807, 2.05) is 0 Å². The first-order valence-corrected chi connectivity index (χ1v) is 7.13. The van der Waals surface area contributed by atoms with Gasteiger partial charge in [0.2, 0.25) is 0 Å². The first kappa shape index (κ1) is 14.3. The number of hydrogen-bond acceptors (Lipinski definition) is 3. The van der Waals surface area contributed by atoms with Crippen molar-refractivity contribution in [2.45, 2.75) is 26.7 Å². The maximum absolute atomic E-state index is 5.52. The molecule has 1 fully saturated rings. The van der Waals surface area contributed by atoms with E-state index in [1.165, 1.54) is 19.4 Å². The Morgan fingerprint density at radius 1 is 1.44 bits per heavy atom. The molecule has 16 heavy (non-hydrogen) atoms. The molecular weight excluding hydrogens is 218 g/mol. The molecule has 0 saturated carbocycles. The van der Waals surface area contributed by atoms with Gasteiger partial charge in [0.15, 0.2) is 0 Å². The molecule has 0 aromatic heterocycles. The Bertz CT molecular complexity index is 181. The topological polar surface area (TPSA) is 12.5 Å². The zero-order chi connectivity index (χ0) is 12.0. The molecule has 0 aromatic rings. The van der Waals surface area contributed by atoms with Crippen LogP contribution in [-0.4, -0.2) is 44.0 Å². The third-order valence-electron chi connectivity index (χ3n) is 3.55. The maximum atomic E-state index is 5.52. The average Bonchev–Trinajstić information content (AvgIpc) is 2.27. The molecule has 96 valence electrons. The lowest BCUT2D eigenvalue weighted by atomic mass is 9.96. The SMILES string of the molecule is CC(C)C(CS)CN(C)CC1CCCOC1. The second kappa shape index (κ2) is 7.57. The minimum atomic E-state index is 0.706. The van der Waals surface area contributed by atoms with Crippen LogP contribution in [-0.2, 0) is 4.74 Å². The Balaban J connectivity index is 2.25. The highest BCUT2D eigenvalue weighted by atomic mass is 32.1. The van der Waals surface area contributed by atoms with Crippen LogP contribution >= 0.6 is 12.6 Å². The summed E-state index contributed by atoms with van der Waals surface area (Å²) in [6, 6.07) is 0. The summed E-state index contributed by atoms with van der Waals surface area (Å²) in [6.07, 6.45) is 2.57. The van der Waals surface area contributed by atoms with Gasteiger partial charge in [0.25, 0.3) is 0 Å². The standard InChI is InChI=1S/C13H27NOS/c1-11(2)13(10-16)8-14(3)7-12-5-4-6-15-9-12/h11-13,16H,4-10H2,1-3H3. The molecular formula is C13H27NOS. The van der Waals surface area contributed by atoms with E-state index in [-0.39, 0.29) is 0 Å². The first-order chi connectivity index (χ1) is 7.63. The van der Waals surface area contributed by atoms with Crippen LogP contribution in [0.3, 0.4) is 0 Å². The summed E-state index contributed by atoms with van der Waals surface area (Å²) < 4.78 is 5.52. The van der Waals surface area contributed by atoms with Crippen LogP contribution in [0.1, 0.15) is 26.7 Å². The summed E-state index contributed by atoms with van der Waals surface area (Å²) in [5.74, 6) is 3.16. The van der Waals surface area contributed by atoms with Crippen molar-refractivity contribution < 1.29 is 4.74 Å². The molecule has 3 heteroatoms. The van der Waals surface area contributed by atoms with Crippen LogP contribution in [0.15, 0.2) is 0 Å². The Hall–Kier alpha value is 0.270. The monoisotopic (exact) mass is 245 g/mol. The zero-order valence-corrected chi connectivity index (χ0v) is 11.9. The van der Waals surface area contributed by atoms with Crippen molar-refractivity contribution in [3.8, 4) is 0 Å². The number of ether oxygens (including phenoxy) is 1. The lowest BCUT2D eigenvalue weighted by molar-refractivity contribution is 0.0397. The second-order valence-corrected chi connectivity index (χ2v) is 5.86. The third-order valence-corrected chi connectivity index (χ3v) is 4.02. The van der Waals surface area contributed by atoms with E-state index in [2.05, 4.69) is 38.4 Å². The van der Waals surface area contributed by atoms with Crippen molar-refractivity contribution in [3.05, 3.63) is 0 Å². The fraction of sp³-hybridized carbons (Fsp3) is 1.00. The summed E-state index contributed by atoms with van der Waals surface area (Å²) in [5, 5.41) is 0. The molecule has 1 heterocycles. The molecule has 1 saturated heterocycles. The van der Waals surface area contributed by atoms with Gasteiger partial charge in [0, 0.05) is 19.7 Å². The second-order valence-electron chi connectivity index (χ2n) is 5.49. The lowest BCUT2D eigenvalue weighted by Gasteiger charge is -2.30. The highest BCUT2D eigenvalue weighted by molar-refractivity contribution is 7.80. The molecule has 2 unspecified atom stereocenters. The highest BCUT2D eigenvalue weighted by Gasteiger charge is 2.19. The number of nitrogens with zero attached hydrogens (tertiary/aromatic N) is 1. The van der Waals surface area contributed by atoms with E-state index in [0.29, 0.717) is 5.92 Å². The van der Waals surface area contributed by atoms with E-state index in [1.54, 1.807) is 0 Å². The Morgan fingerprint density at radius 3 is 2.69 bits per heavy atom. The Kier molecular flexibility index (Phi) is 6.78. The summed E-state index contributed by atoms with van der Waals surface area (Å²) >= 11 is 4.44. The largest absolute Gasteiger partial charge is 0.381 e. The first-order valence-electron chi connectivity index (χ1n) is 6.50. The Labute approximate surface area is 106 Å². The van der Waals surface area contributed by atoms with E-state index >= 15 is 0 Å². The van der Waals surface area contributed by atoms with Crippen molar-refractivity contribution in [2.75, 3.05) is 39.1 Å². The van der Waals surface area contributed by atoms with Gasteiger partial charge in [-0.15, -0.1) is 0 Å². The Morgan fingerprint density at radius 2 is 2.19 bits per heavy atom. The van der Waals surface area contributed by atoms with Crippen molar-refractivity contribution in [2.24, 2.45) is 17.8 Å². The van der Waals surface area contributed by atoms with Gasteiger partial charge >= 0.3 is 0 Å². The van der Waals surface area contributed by atoms with Crippen LogP contribution in [0, 0.1) is 17.8 Å². The van der Waals surface area contributed by atoms with Crippen LogP contribution in [0.25, 0.3) is 0 Å². The fourth-order valence-electron chi connectivity index (χ4n) is 2.35. The third kappa shape index (κ3) is 5.07. The number of hydrogen-bond donors (Lipinski definition) is 1. The normalized spacial score (nSPS) is 24.0. The van der Waals surface area contributed by atoms with Gasteiger partial charge in [0.1, 0.15) is 0 Å². The van der Waals surface area contributed by atoms with Crippen LogP contribution in [0.5, 0.6) is 0 Å². The minimum Gasteiger partial charge on any atom is -0.381 e. The molecule has 0 amide bonds. The van der Waals surface area contributed by atoms with Gasteiger partial charge in [0.05, 0.1) is 6.61 Å². The summed E-state index contributed by atoms with van der Waals surface area (Å²) in [5.41, 5.74) is 0. The minimum absolute atomic E-state index is 0.706. The zero-order valence-electron chi connectivity index (χ0n) is 11.0. The van der Waals surface area contributed by atoms with Crippen molar-refractivity contribution >= 4 is 12.6 Å². The van der Waals surface area contributed by atoms with Gasteiger partial charge in [-0.2, -0.15) is 12.6 Å². The predicted octanol–water partition coefficient (Wildman–Crippen LogP) is 2.55. The predicted molar refractivity (Wildman–Crippen MR) is 73.2 cm³/mol. The van der Waals surface area contributed by atoms with E-state index < -0.39 is 0 Å². The van der Waals surface area contributed by atoms with Crippen LogP contribution < -0.4 is 0 Å². The molecule has 2 nitrogen and oxygen atoms in total. The average molecular weight is 245 g/mol. The molecule has 0 N–H and O–H groups in total. The van der Waals surface area contributed by atoms with Gasteiger partial charge in [-0.25, -0.2) is 0 Å². The van der Waals surface area contributed by atoms with Crippen LogP contribution in [0.4, 0.5) is 0 Å². The van der Waals surface area contributed by atoms with Gasteiger partial charge in [-0.1, -0.05) is 13.8 Å². The van der Waals surface area contributed by atoms with Crippen molar-refractivity contribution in [1.29, 1.82) is 0 Å². The summed E-state index contributed by atoms with van der Waals surface area (Å²) in [7, 11) is 2.23. The smallest absolute Gasteiger partial charge is 0.0506 e. The van der Waals surface area contributed by atoms with Gasteiger partial charge in [-0.3, -0.25) is 0 Å². The molecule has 0 aromatic carbocycles. The van der Waals surface area contributed by atoms with E-state index in [9.17, 15) is 0 Å².